The predicted octanol–water partition coefficient (Wildman–Crippen LogP) is 1.84. The minimum absolute atomic E-state index is 0.0299. The molecule has 1 aliphatic carbocycles. The molecular weight excluding hydrogens is 520 g/mol. The Bertz CT molecular complexity index is 1440. The van der Waals surface area contributed by atoms with Crippen LogP contribution in [0.3, 0.4) is 0 Å². The average Bonchev–Trinajstić information content (AvgIpc) is 3.49. The minimum Gasteiger partial charge on any atom is -0.393 e. The number of nitrogens with zero attached hydrogens (tertiary/aromatic N) is 2. The molecule has 1 aliphatic heterocycles. The van der Waals surface area contributed by atoms with Gasteiger partial charge in [-0.05, 0) is 35.4 Å². The van der Waals surface area contributed by atoms with E-state index in [1.807, 2.05) is 23.6 Å². The topological polar surface area (TPSA) is 171 Å². The summed E-state index contributed by atoms with van der Waals surface area (Å²) in [7, 11) is -4.11. The van der Waals surface area contributed by atoms with Gasteiger partial charge in [0.25, 0.3) is 0 Å². The van der Waals surface area contributed by atoms with Crippen molar-refractivity contribution in [2.45, 2.75) is 31.1 Å². The molecule has 0 saturated heterocycles. The Hall–Kier alpha value is -3.07. The molecule has 5 rings (SSSR count). The van der Waals surface area contributed by atoms with E-state index in [0.717, 1.165) is 11.1 Å². The monoisotopic (exact) mass is 544 g/mol. The number of rotatable bonds is 8. The molecule has 3 aromatic rings. The maximum absolute atomic E-state index is 13.4. The Morgan fingerprint density at radius 1 is 1.30 bits per heavy atom. The molecule has 1 aromatic carbocycles. The molecule has 3 heterocycles. The Kier molecular flexibility index (Phi) is 7.16. The Labute approximate surface area is 216 Å². The molecule has 0 spiro atoms. The predicted molar refractivity (Wildman–Crippen MR) is 134 cm³/mol. The highest BCUT2D eigenvalue weighted by molar-refractivity contribution is 7.84. The van der Waals surface area contributed by atoms with E-state index in [9.17, 15) is 23.1 Å². The summed E-state index contributed by atoms with van der Waals surface area (Å²) in [4.78, 5) is 34.3. The van der Waals surface area contributed by atoms with Gasteiger partial charge in [-0.2, -0.15) is 8.42 Å². The molecule has 13 heteroatoms. The first-order valence-corrected chi connectivity index (χ1v) is 13.8. The van der Waals surface area contributed by atoms with Crippen LogP contribution < -0.4 is 10.5 Å². The number of benzene rings is 1. The van der Waals surface area contributed by atoms with E-state index in [1.54, 1.807) is 12.1 Å². The van der Waals surface area contributed by atoms with Gasteiger partial charge in [0.1, 0.15) is 24.9 Å². The number of aliphatic hydroxyl groups excluding tert-OH is 1. The van der Waals surface area contributed by atoms with E-state index in [0.29, 0.717) is 29.1 Å². The number of anilines is 1. The van der Waals surface area contributed by atoms with Crippen LogP contribution in [0.25, 0.3) is 0 Å². The first-order valence-electron chi connectivity index (χ1n) is 11.5. The molecule has 1 fully saturated rings. The number of Topliss-reactive ketones (excluding diaryl/α,β-unsaturated/α-hetero) is 1. The van der Waals surface area contributed by atoms with Crippen molar-refractivity contribution in [2.24, 2.45) is 11.1 Å². The van der Waals surface area contributed by atoms with Crippen molar-refractivity contribution >= 4 is 39.0 Å². The van der Waals surface area contributed by atoms with Crippen LogP contribution in [0.1, 0.15) is 55.7 Å². The summed E-state index contributed by atoms with van der Waals surface area (Å²) in [5.41, 5.74) is 2.42. The van der Waals surface area contributed by atoms with Gasteiger partial charge in [0.2, 0.25) is 5.78 Å². The maximum atomic E-state index is 13.4. The highest BCUT2D eigenvalue weighted by Gasteiger charge is 2.35. The molecule has 0 bridgehead atoms. The van der Waals surface area contributed by atoms with Crippen molar-refractivity contribution in [1.82, 2.24) is 9.97 Å². The second kappa shape index (κ2) is 10.4. The second-order valence-electron chi connectivity index (χ2n) is 8.98. The number of ketones is 2. The lowest BCUT2D eigenvalue weighted by Gasteiger charge is -2.24. The third kappa shape index (κ3) is 5.61. The van der Waals surface area contributed by atoms with Crippen molar-refractivity contribution in [2.75, 3.05) is 18.5 Å². The normalized spacial score (nSPS) is 23.6. The molecule has 11 nitrogen and oxygen atoms in total. The van der Waals surface area contributed by atoms with E-state index in [-0.39, 0.29) is 36.4 Å². The van der Waals surface area contributed by atoms with Crippen LogP contribution in [0.4, 0.5) is 5.82 Å². The standard InChI is InChI=1S/C24H24N4O7S2/c25-37(32,33)35-9-13-5-15(7-19(13)29)28-24-18(8-26-12-27-24)22(31)21-6-14(11-36-21)23-17-4-2-1-3-16(17)20(30)10-34-23/h1-4,6,8,11-13,15,19,23,29H,5,7,9-10H2,(H2,25,32,33)(H,26,27,28)/t13-,15-,19+,23-/m1/s1. The smallest absolute Gasteiger partial charge is 0.333 e. The van der Waals surface area contributed by atoms with Gasteiger partial charge in [-0.25, -0.2) is 15.1 Å². The first kappa shape index (κ1) is 25.6. The number of hydrogen-bond acceptors (Lipinski definition) is 11. The number of carbonyl (C=O) groups is 2. The number of fused-ring (bicyclic) bond motifs is 1. The lowest BCUT2D eigenvalue weighted by atomic mass is 9.93. The van der Waals surface area contributed by atoms with E-state index in [4.69, 9.17) is 9.88 Å². The van der Waals surface area contributed by atoms with Gasteiger partial charge in [-0.15, -0.1) is 11.3 Å². The minimum atomic E-state index is -4.11. The van der Waals surface area contributed by atoms with Crippen molar-refractivity contribution in [3.05, 3.63) is 75.4 Å². The second-order valence-corrected chi connectivity index (χ2v) is 11.1. The molecular formula is C24H24N4O7S2. The van der Waals surface area contributed by atoms with Gasteiger partial charge >= 0.3 is 10.3 Å². The summed E-state index contributed by atoms with van der Waals surface area (Å²) in [6.07, 6.45) is 2.20. The van der Waals surface area contributed by atoms with Crippen LogP contribution in [-0.2, 0) is 19.2 Å². The fourth-order valence-electron chi connectivity index (χ4n) is 4.71. The first-order chi connectivity index (χ1) is 17.7. The van der Waals surface area contributed by atoms with Crippen molar-refractivity contribution in [3.8, 4) is 0 Å². The highest BCUT2D eigenvalue weighted by Crippen LogP contribution is 2.36. The van der Waals surface area contributed by atoms with Gasteiger partial charge in [0, 0.05) is 23.7 Å². The van der Waals surface area contributed by atoms with Crippen LogP contribution >= 0.6 is 11.3 Å². The molecule has 0 radical (unpaired) electrons. The summed E-state index contributed by atoms with van der Waals surface area (Å²) < 4.78 is 32.6. The number of carbonyl (C=O) groups excluding carboxylic acids is 2. The lowest BCUT2D eigenvalue weighted by Crippen LogP contribution is -2.24. The number of thiophene rings is 1. The fraction of sp³-hybridized carbons (Fsp3) is 0.333. The Morgan fingerprint density at radius 2 is 2.11 bits per heavy atom. The van der Waals surface area contributed by atoms with Gasteiger partial charge in [0.15, 0.2) is 5.78 Å². The summed E-state index contributed by atoms with van der Waals surface area (Å²) >= 11 is 1.26. The molecule has 4 atom stereocenters. The number of hydrogen-bond donors (Lipinski definition) is 3. The molecule has 0 unspecified atom stereocenters. The molecule has 0 amide bonds. The molecule has 2 aromatic heterocycles. The fourth-order valence-corrected chi connectivity index (χ4v) is 5.95. The van der Waals surface area contributed by atoms with Gasteiger partial charge in [-0.1, -0.05) is 24.3 Å². The summed E-state index contributed by atoms with van der Waals surface area (Å²) in [6.45, 7) is -0.262. The quantitative estimate of drug-likeness (QED) is 0.355. The largest absolute Gasteiger partial charge is 0.393 e. The molecule has 37 heavy (non-hydrogen) atoms. The van der Waals surface area contributed by atoms with Crippen molar-refractivity contribution in [3.63, 3.8) is 0 Å². The zero-order chi connectivity index (χ0) is 26.2. The molecule has 2 aliphatic rings. The van der Waals surface area contributed by atoms with Crippen molar-refractivity contribution in [1.29, 1.82) is 0 Å². The number of nitrogens with two attached hydrogens (primary N) is 1. The number of ether oxygens (including phenoxy) is 1. The lowest BCUT2D eigenvalue weighted by molar-refractivity contribution is 0.0512. The summed E-state index contributed by atoms with van der Waals surface area (Å²) in [5, 5.41) is 20.2. The van der Waals surface area contributed by atoms with Crippen LogP contribution in [0.5, 0.6) is 0 Å². The average molecular weight is 545 g/mol. The summed E-state index contributed by atoms with van der Waals surface area (Å²) in [5.74, 6) is -0.495. The van der Waals surface area contributed by atoms with Gasteiger partial charge in [-0.3, -0.25) is 13.8 Å². The van der Waals surface area contributed by atoms with Crippen LogP contribution in [0.2, 0.25) is 0 Å². The maximum Gasteiger partial charge on any atom is 0.333 e. The Balaban J connectivity index is 1.32. The van der Waals surface area contributed by atoms with Crippen LogP contribution in [0.15, 0.2) is 48.2 Å². The number of nitrogens with one attached hydrogen (secondary N) is 1. The highest BCUT2D eigenvalue weighted by atomic mass is 32.2. The van der Waals surface area contributed by atoms with Crippen LogP contribution in [0, 0.1) is 5.92 Å². The molecule has 4 N–H and O–H groups in total. The van der Waals surface area contributed by atoms with Gasteiger partial charge < -0.3 is 15.2 Å². The Morgan fingerprint density at radius 3 is 2.92 bits per heavy atom. The zero-order valence-electron chi connectivity index (χ0n) is 19.4. The van der Waals surface area contributed by atoms with E-state index >= 15 is 0 Å². The van der Waals surface area contributed by atoms with Crippen molar-refractivity contribution < 1.29 is 32.0 Å². The van der Waals surface area contributed by atoms with E-state index < -0.39 is 28.4 Å². The van der Waals surface area contributed by atoms with E-state index in [2.05, 4.69) is 19.5 Å². The van der Waals surface area contributed by atoms with Crippen LogP contribution in [-0.4, -0.2) is 60.4 Å². The third-order valence-electron chi connectivity index (χ3n) is 6.47. The van der Waals surface area contributed by atoms with Gasteiger partial charge in [0.05, 0.1) is 23.2 Å². The summed E-state index contributed by atoms with van der Waals surface area (Å²) in [6, 6.07) is 8.76. The zero-order valence-corrected chi connectivity index (χ0v) is 21.1. The molecule has 1 saturated carbocycles. The number of aromatic nitrogens is 2. The third-order valence-corrected chi connectivity index (χ3v) is 7.88. The van der Waals surface area contributed by atoms with E-state index in [1.165, 1.54) is 23.9 Å². The number of aliphatic hydroxyl groups is 1. The SMILES string of the molecule is NS(=O)(=O)OC[C@H]1C[C@@H](Nc2ncncc2C(=O)c2cc([C@H]3OCC(=O)c4ccccc43)cs2)C[C@@H]1O. The molecule has 194 valence electrons.